The van der Waals surface area contributed by atoms with Gasteiger partial charge in [0.2, 0.25) is 0 Å². The summed E-state index contributed by atoms with van der Waals surface area (Å²) in [7, 11) is 0. The number of nitrogens with zero attached hydrogens (tertiary/aromatic N) is 2. The number of piperidine rings is 1. The number of aromatic nitrogens is 1. The quantitative estimate of drug-likeness (QED) is 0.788. The Morgan fingerprint density at radius 2 is 2.53 bits per heavy atom. The van der Waals surface area contributed by atoms with Crippen LogP contribution in [0.15, 0.2) is 10.9 Å². The smallest absolute Gasteiger partial charge is 0.146 e. The molecule has 1 fully saturated rings. The molecule has 2 rings (SSSR count). The van der Waals surface area contributed by atoms with E-state index in [1.54, 1.807) is 18.3 Å². The second-order valence-electron chi connectivity index (χ2n) is 4.07. The van der Waals surface area contributed by atoms with Crippen LogP contribution in [0.4, 0.5) is 0 Å². The first-order valence-corrected chi connectivity index (χ1v) is 6.33. The molecule has 0 amide bonds. The Kier molecular flexibility index (Phi) is 3.49. The fraction of sp³-hybridized carbons (Fsp3) is 0.636. The molecule has 0 aliphatic carbocycles. The van der Waals surface area contributed by atoms with Gasteiger partial charge in [-0.1, -0.05) is 6.42 Å². The molecular formula is C11H16N2OS. The lowest BCUT2D eigenvalue weighted by Gasteiger charge is -2.33. The van der Waals surface area contributed by atoms with Crippen molar-refractivity contribution in [1.82, 2.24) is 9.88 Å². The molecule has 1 aromatic heterocycles. The Morgan fingerprint density at radius 3 is 3.20 bits per heavy atom. The largest absolute Gasteiger partial charge is 0.298 e. The van der Waals surface area contributed by atoms with Crippen molar-refractivity contribution in [2.45, 2.75) is 38.8 Å². The van der Waals surface area contributed by atoms with Crippen LogP contribution in [0, 0.1) is 0 Å². The Labute approximate surface area is 94.1 Å². The molecule has 0 radical (unpaired) electrons. The van der Waals surface area contributed by atoms with E-state index in [2.05, 4.69) is 15.3 Å². The second-order valence-corrected chi connectivity index (χ2v) is 4.79. The maximum absolute atomic E-state index is 11.5. The van der Waals surface area contributed by atoms with Crippen LogP contribution in [0.5, 0.6) is 0 Å². The molecule has 1 aliphatic heterocycles. The van der Waals surface area contributed by atoms with Crippen LogP contribution in [0.1, 0.15) is 31.9 Å². The Balaban J connectivity index is 2.02. The van der Waals surface area contributed by atoms with Crippen molar-refractivity contribution < 1.29 is 4.79 Å². The third kappa shape index (κ3) is 2.63. The minimum atomic E-state index is 0.125. The van der Waals surface area contributed by atoms with Crippen LogP contribution < -0.4 is 0 Å². The molecule has 0 saturated carbocycles. The highest BCUT2D eigenvalue weighted by Crippen LogP contribution is 2.20. The average Bonchev–Trinajstić information content (AvgIpc) is 2.71. The lowest BCUT2D eigenvalue weighted by atomic mass is 9.99. The number of Topliss-reactive ketones (excluding diaryl/α,β-unsaturated/α-hetero) is 1. The Morgan fingerprint density at radius 1 is 1.67 bits per heavy atom. The van der Waals surface area contributed by atoms with Gasteiger partial charge >= 0.3 is 0 Å². The van der Waals surface area contributed by atoms with E-state index in [9.17, 15) is 4.79 Å². The molecule has 1 atom stereocenters. The average molecular weight is 224 g/mol. The number of hydrogen-bond acceptors (Lipinski definition) is 4. The fourth-order valence-electron chi connectivity index (χ4n) is 2.16. The van der Waals surface area contributed by atoms with Gasteiger partial charge in [-0.15, -0.1) is 11.3 Å². The summed E-state index contributed by atoms with van der Waals surface area (Å²) in [4.78, 5) is 18.0. The zero-order valence-electron chi connectivity index (χ0n) is 8.98. The topological polar surface area (TPSA) is 33.2 Å². The zero-order chi connectivity index (χ0) is 10.7. The van der Waals surface area contributed by atoms with Crippen LogP contribution in [0.25, 0.3) is 0 Å². The van der Waals surface area contributed by atoms with E-state index in [0.29, 0.717) is 5.78 Å². The van der Waals surface area contributed by atoms with E-state index in [4.69, 9.17) is 0 Å². The van der Waals surface area contributed by atoms with Gasteiger partial charge in [0.15, 0.2) is 0 Å². The van der Waals surface area contributed by atoms with Gasteiger partial charge in [0, 0.05) is 11.9 Å². The molecule has 0 bridgehead atoms. The van der Waals surface area contributed by atoms with Gasteiger partial charge in [-0.25, -0.2) is 4.98 Å². The summed E-state index contributed by atoms with van der Waals surface area (Å²) in [5.41, 5.74) is 2.94. The number of carbonyl (C=O) groups is 1. The molecule has 0 N–H and O–H groups in total. The summed E-state index contributed by atoms with van der Waals surface area (Å²) >= 11 is 1.62. The van der Waals surface area contributed by atoms with Crippen molar-refractivity contribution in [2.24, 2.45) is 0 Å². The maximum atomic E-state index is 11.5. The van der Waals surface area contributed by atoms with Crippen LogP contribution in [-0.4, -0.2) is 28.3 Å². The molecule has 0 aromatic carbocycles. The first kappa shape index (κ1) is 10.8. The monoisotopic (exact) mass is 224 g/mol. The Hall–Kier alpha value is -0.740. The SMILES string of the molecule is CC(=O)C1CCCCN1Cc1cscn1. The second kappa shape index (κ2) is 4.86. The van der Waals surface area contributed by atoms with E-state index in [1.807, 2.05) is 5.51 Å². The molecule has 15 heavy (non-hydrogen) atoms. The molecule has 1 unspecified atom stereocenters. The summed E-state index contributed by atoms with van der Waals surface area (Å²) in [6, 6.07) is 0.125. The van der Waals surface area contributed by atoms with E-state index in [-0.39, 0.29) is 6.04 Å². The molecule has 1 aliphatic rings. The van der Waals surface area contributed by atoms with Gasteiger partial charge in [-0.05, 0) is 26.3 Å². The van der Waals surface area contributed by atoms with E-state index in [0.717, 1.165) is 25.2 Å². The summed E-state index contributed by atoms with van der Waals surface area (Å²) in [6.07, 6.45) is 3.39. The highest BCUT2D eigenvalue weighted by molar-refractivity contribution is 7.07. The van der Waals surface area contributed by atoms with Crippen LogP contribution >= 0.6 is 11.3 Å². The van der Waals surface area contributed by atoms with Gasteiger partial charge in [0.25, 0.3) is 0 Å². The van der Waals surface area contributed by atoms with Gasteiger partial charge in [-0.2, -0.15) is 0 Å². The summed E-state index contributed by atoms with van der Waals surface area (Å²) in [5, 5.41) is 2.06. The molecule has 1 aromatic rings. The maximum Gasteiger partial charge on any atom is 0.146 e. The number of rotatable bonds is 3. The van der Waals surface area contributed by atoms with Gasteiger partial charge in [0.1, 0.15) is 5.78 Å². The van der Waals surface area contributed by atoms with Crippen molar-refractivity contribution in [3.63, 3.8) is 0 Å². The lowest BCUT2D eigenvalue weighted by Crippen LogP contribution is -2.43. The molecule has 2 heterocycles. The number of likely N-dealkylation sites (tertiary alicyclic amines) is 1. The minimum Gasteiger partial charge on any atom is -0.298 e. The highest BCUT2D eigenvalue weighted by atomic mass is 32.1. The molecule has 3 nitrogen and oxygen atoms in total. The van der Waals surface area contributed by atoms with Crippen molar-refractivity contribution in [2.75, 3.05) is 6.54 Å². The lowest BCUT2D eigenvalue weighted by molar-refractivity contribution is -0.123. The molecule has 82 valence electrons. The van der Waals surface area contributed by atoms with Gasteiger partial charge in [-0.3, -0.25) is 9.69 Å². The number of carbonyl (C=O) groups excluding carboxylic acids is 1. The summed E-state index contributed by atoms with van der Waals surface area (Å²) in [6.45, 7) is 3.56. The molecule has 4 heteroatoms. The van der Waals surface area contributed by atoms with Gasteiger partial charge in [0.05, 0.1) is 17.2 Å². The number of thiazole rings is 1. The standard InChI is InChI=1S/C11H16N2OS/c1-9(14)11-4-2-3-5-13(11)6-10-7-15-8-12-10/h7-8,11H,2-6H2,1H3. The number of hydrogen-bond donors (Lipinski definition) is 0. The van der Waals surface area contributed by atoms with E-state index >= 15 is 0 Å². The minimum absolute atomic E-state index is 0.125. The van der Waals surface area contributed by atoms with Crippen LogP contribution in [0.2, 0.25) is 0 Å². The predicted molar refractivity (Wildman–Crippen MR) is 60.8 cm³/mol. The molecule has 0 spiro atoms. The van der Waals surface area contributed by atoms with Crippen molar-refractivity contribution in [3.05, 3.63) is 16.6 Å². The summed E-state index contributed by atoms with van der Waals surface area (Å²) < 4.78 is 0. The van der Waals surface area contributed by atoms with Crippen molar-refractivity contribution in [3.8, 4) is 0 Å². The van der Waals surface area contributed by atoms with E-state index < -0.39 is 0 Å². The molecule has 1 saturated heterocycles. The van der Waals surface area contributed by atoms with Crippen LogP contribution in [-0.2, 0) is 11.3 Å². The zero-order valence-corrected chi connectivity index (χ0v) is 9.80. The van der Waals surface area contributed by atoms with Crippen LogP contribution in [0.3, 0.4) is 0 Å². The van der Waals surface area contributed by atoms with Crippen molar-refractivity contribution >= 4 is 17.1 Å². The fourth-order valence-corrected chi connectivity index (χ4v) is 2.71. The predicted octanol–water partition coefficient (Wildman–Crippen LogP) is 2.09. The van der Waals surface area contributed by atoms with Gasteiger partial charge < -0.3 is 0 Å². The first-order chi connectivity index (χ1) is 7.27. The van der Waals surface area contributed by atoms with E-state index in [1.165, 1.54) is 12.8 Å². The number of ketones is 1. The first-order valence-electron chi connectivity index (χ1n) is 5.39. The third-order valence-corrected chi connectivity index (χ3v) is 3.57. The normalized spacial score (nSPS) is 22.9. The Bertz CT molecular complexity index is 323. The summed E-state index contributed by atoms with van der Waals surface area (Å²) in [5.74, 6) is 0.296. The highest BCUT2D eigenvalue weighted by Gasteiger charge is 2.26. The van der Waals surface area contributed by atoms with Crippen molar-refractivity contribution in [1.29, 1.82) is 0 Å². The third-order valence-electron chi connectivity index (χ3n) is 2.93. The molecular weight excluding hydrogens is 208 g/mol.